The van der Waals surface area contributed by atoms with E-state index < -0.39 is 0 Å². The SMILES string of the molecule is CC1C=CC(c2cc(-c3ccc(-c4ccccc4)cc3)nc(-c3ccc(-c4ccc5c6c(c(-c7cc8ccccc8c8ccccc78)nc5c4)OC4CC=CC=C64)cc3)n2)=CC1. The quantitative estimate of drug-likeness (QED) is 0.157. The molecule has 1 aliphatic heterocycles. The van der Waals surface area contributed by atoms with Crippen LogP contribution in [0.2, 0.25) is 0 Å². The van der Waals surface area contributed by atoms with Gasteiger partial charge in [-0.15, -0.1) is 0 Å². The smallest absolute Gasteiger partial charge is 0.160 e. The summed E-state index contributed by atoms with van der Waals surface area (Å²) in [5, 5.41) is 5.91. The molecule has 0 N–H and O–H groups in total. The van der Waals surface area contributed by atoms with Gasteiger partial charge in [0.05, 0.1) is 16.9 Å². The molecule has 62 heavy (non-hydrogen) atoms. The Morgan fingerprint density at radius 1 is 0.548 bits per heavy atom. The van der Waals surface area contributed by atoms with Crippen LogP contribution in [0.3, 0.4) is 0 Å². The molecule has 9 aromatic rings. The lowest BCUT2D eigenvalue weighted by atomic mass is 9.90. The Bertz CT molecular complexity index is 3380. The summed E-state index contributed by atoms with van der Waals surface area (Å²) in [5.41, 5.74) is 14.9. The fourth-order valence-corrected chi connectivity index (χ4v) is 9.43. The Morgan fingerprint density at radius 2 is 1.23 bits per heavy atom. The largest absolute Gasteiger partial charge is 0.482 e. The molecule has 0 bridgehead atoms. The lowest BCUT2D eigenvalue weighted by molar-refractivity contribution is 0.279. The summed E-state index contributed by atoms with van der Waals surface area (Å²) >= 11 is 0. The molecule has 0 fully saturated rings. The third-order valence-corrected chi connectivity index (χ3v) is 12.7. The number of ether oxygens (including phenoxy) is 1. The van der Waals surface area contributed by atoms with Crippen LogP contribution < -0.4 is 4.74 Å². The molecular weight excluding hydrogens is 755 g/mol. The molecule has 0 saturated carbocycles. The van der Waals surface area contributed by atoms with E-state index in [-0.39, 0.29) is 6.10 Å². The Morgan fingerprint density at radius 3 is 2.03 bits per heavy atom. The van der Waals surface area contributed by atoms with E-state index in [1.54, 1.807) is 0 Å². The minimum atomic E-state index is -0.0241. The highest BCUT2D eigenvalue weighted by molar-refractivity contribution is 6.15. The second kappa shape index (κ2) is 14.8. The number of aromatic nitrogens is 3. The normalized spacial score (nSPS) is 16.5. The molecule has 294 valence electrons. The van der Waals surface area contributed by atoms with Crippen LogP contribution in [0.1, 0.15) is 31.0 Å². The van der Waals surface area contributed by atoms with E-state index >= 15 is 0 Å². The molecule has 0 saturated heterocycles. The number of allylic oxidation sites excluding steroid dienone is 6. The summed E-state index contributed by atoms with van der Waals surface area (Å²) in [6.07, 6.45) is 15.2. The maximum absolute atomic E-state index is 6.85. The molecule has 7 aromatic carbocycles. The van der Waals surface area contributed by atoms with Crippen LogP contribution in [-0.4, -0.2) is 21.1 Å². The van der Waals surface area contributed by atoms with Gasteiger partial charge in [-0.1, -0.05) is 183 Å². The summed E-state index contributed by atoms with van der Waals surface area (Å²) in [6.45, 7) is 2.25. The molecule has 2 aromatic heterocycles. The zero-order valence-corrected chi connectivity index (χ0v) is 34.3. The first-order valence-corrected chi connectivity index (χ1v) is 21.6. The molecule has 2 unspecified atom stereocenters. The van der Waals surface area contributed by atoms with Crippen molar-refractivity contribution in [3.63, 3.8) is 0 Å². The highest BCUT2D eigenvalue weighted by Gasteiger charge is 2.34. The fourth-order valence-electron chi connectivity index (χ4n) is 9.43. The van der Waals surface area contributed by atoms with Crippen LogP contribution in [0.25, 0.3) is 99.8 Å². The molecule has 0 spiro atoms. The van der Waals surface area contributed by atoms with Gasteiger partial charge in [0.25, 0.3) is 0 Å². The highest BCUT2D eigenvalue weighted by atomic mass is 16.5. The lowest BCUT2D eigenvalue weighted by Gasteiger charge is -2.15. The molecule has 4 heteroatoms. The van der Waals surface area contributed by atoms with Crippen molar-refractivity contribution in [2.75, 3.05) is 0 Å². The van der Waals surface area contributed by atoms with Gasteiger partial charge in [-0.3, -0.25) is 0 Å². The van der Waals surface area contributed by atoms with Gasteiger partial charge >= 0.3 is 0 Å². The number of nitrogens with zero attached hydrogens (tertiary/aromatic N) is 3. The average molecular weight is 796 g/mol. The zero-order chi connectivity index (χ0) is 41.1. The Labute approximate surface area is 361 Å². The molecular formula is C58H41N3O. The van der Waals surface area contributed by atoms with Crippen molar-refractivity contribution in [2.45, 2.75) is 25.9 Å². The van der Waals surface area contributed by atoms with Gasteiger partial charge in [0.1, 0.15) is 11.8 Å². The molecule has 12 rings (SSSR count). The van der Waals surface area contributed by atoms with Crippen LogP contribution in [0.5, 0.6) is 5.75 Å². The van der Waals surface area contributed by atoms with E-state index in [1.165, 1.54) is 38.2 Å². The number of hydrogen-bond acceptors (Lipinski definition) is 4. The Balaban J connectivity index is 0.952. The topological polar surface area (TPSA) is 47.9 Å². The number of hydrogen-bond donors (Lipinski definition) is 0. The predicted molar refractivity (Wildman–Crippen MR) is 257 cm³/mol. The number of rotatable bonds is 6. The van der Waals surface area contributed by atoms with Gasteiger partial charge in [0.15, 0.2) is 11.6 Å². The van der Waals surface area contributed by atoms with Crippen molar-refractivity contribution in [3.8, 4) is 61.9 Å². The van der Waals surface area contributed by atoms with Crippen LogP contribution >= 0.6 is 0 Å². The van der Waals surface area contributed by atoms with Gasteiger partial charge in [-0.05, 0) is 79.9 Å². The summed E-state index contributed by atoms with van der Waals surface area (Å²) in [6, 6.07) is 56.2. The molecule has 3 aliphatic rings. The monoisotopic (exact) mass is 795 g/mol. The predicted octanol–water partition coefficient (Wildman–Crippen LogP) is 14.7. The van der Waals surface area contributed by atoms with Crippen molar-refractivity contribution in [1.29, 1.82) is 0 Å². The third-order valence-electron chi connectivity index (χ3n) is 12.7. The van der Waals surface area contributed by atoms with E-state index in [2.05, 4.69) is 195 Å². The number of benzene rings is 7. The van der Waals surface area contributed by atoms with Crippen molar-refractivity contribution in [3.05, 3.63) is 205 Å². The zero-order valence-electron chi connectivity index (χ0n) is 34.3. The summed E-state index contributed by atoms with van der Waals surface area (Å²) in [7, 11) is 0. The summed E-state index contributed by atoms with van der Waals surface area (Å²) in [5.74, 6) is 2.09. The summed E-state index contributed by atoms with van der Waals surface area (Å²) in [4.78, 5) is 15.8. The highest BCUT2D eigenvalue weighted by Crippen LogP contribution is 2.50. The summed E-state index contributed by atoms with van der Waals surface area (Å²) < 4.78 is 6.85. The Kier molecular flexibility index (Phi) is 8.63. The van der Waals surface area contributed by atoms with E-state index in [4.69, 9.17) is 19.7 Å². The minimum Gasteiger partial charge on any atom is -0.482 e. The fraction of sp³-hybridized carbons (Fsp3) is 0.0862. The van der Waals surface area contributed by atoms with Crippen molar-refractivity contribution in [1.82, 2.24) is 15.0 Å². The second-order valence-electron chi connectivity index (χ2n) is 16.7. The molecule has 0 amide bonds. The van der Waals surface area contributed by atoms with Gasteiger partial charge in [0, 0.05) is 39.6 Å². The first-order valence-electron chi connectivity index (χ1n) is 21.6. The second-order valence-corrected chi connectivity index (χ2v) is 16.7. The van der Waals surface area contributed by atoms with E-state index in [1.807, 2.05) is 6.07 Å². The van der Waals surface area contributed by atoms with Crippen molar-refractivity contribution in [2.24, 2.45) is 5.92 Å². The van der Waals surface area contributed by atoms with Crippen LogP contribution in [0, 0.1) is 5.92 Å². The molecule has 2 atom stereocenters. The first kappa shape index (κ1) is 36.2. The standard InChI is InChI=1S/C58H41N3O/c1-36-19-21-40(22-20-36)51-35-52(41-27-23-38(24-28-41)37-11-3-2-4-12-37)61-58(60-51)42-29-25-39(26-30-42)43-31-32-48-53(34-43)59-56(57-55(48)49-17-9-10-18-54(49)62-57)50-33-44-13-5-6-14-45(44)46-15-7-8-16-47(46)50/h2-17,19,21-36,54H,18,20H2,1H3. The maximum Gasteiger partial charge on any atom is 0.160 e. The molecule has 2 aliphatic carbocycles. The molecule has 4 nitrogen and oxygen atoms in total. The number of pyridine rings is 1. The maximum atomic E-state index is 6.85. The first-order chi connectivity index (χ1) is 30.6. The average Bonchev–Trinajstić information content (AvgIpc) is 3.74. The molecule has 0 radical (unpaired) electrons. The van der Waals surface area contributed by atoms with E-state index in [0.29, 0.717) is 11.7 Å². The van der Waals surface area contributed by atoms with Crippen LogP contribution in [-0.2, 0) is 0 Å². The van der Waals surface area contributed by atoms with Gasteiger partial charge in [0.2, 0.25) is 0 Å². The molecule has 3 heterocycles. The van der Waals surface area contributed by atoms with E-state index in [0.717, 1.165) is 85.5 Å². The van der Waals surface area contributed by atoms with Crippen LogP contribution in [0.15, 0.2) is 194 Å². The Hall–Kier alpha value is -7.69. The van der Waals surface area contributed by atoms with Crippen molar-refractivity contribution < 1.29 is 4.74 Å². The van der Waals surface area contributed by atoms with Gasteiger partial charge < -0.3 is 4.74 Å². The van der Waals surface area contributed by atoms with Crippen LogP contribution in [0.4, 0.5) is 0 Å². The van der Waals surface area contributed by atoms with Gasteiger partial charge in [-0.25, -0.2) is 15.0 Å². The van der Waals surface area contributed by atoms with Crippen molar-refractivity contribution >= 4 is 43.6 Å². The third kappa shape index (κ3) is 6.26. The lowest BCUT2D eigenvalue weighted by Crippen LogP contribution is -2.12. The van der Waals surface area contributed by atoms with Gasteiger partial charge in [-0.2, -0.15) is 0 Å². The van der Waals surface area contributed by atoms with E-state index in [9.17, 15) is 0 Å². The minimum absolute atomic E-state index is 0.0241. The number of fused-ring (bicyclic) bond motifs is 8.